The minimum atomic E-state index is -0.618. The van der Waals surface area contributed by atoms with Crippen LogP contribution >= 0.6 is 0 Å². The zero-order chi connectivity index (χ0) is 16.3. The van der Waals surface area contributed by atoms with Crippen molar-refractivity contribution in [3.05, 3.63) is 0 Å². The summed E-state index contributed by atoms with van der Waals surface area (Å²) in [6.07, 6.45) is 2.82. The van der Waals surface area contributed by atoms with E-state index in [1.54, 1.807) is 23.6 Å². The first-order chi connectivity index (χ1) is 10.5. The first-order valence-corrected chi connectivity index (χ1v) is 8.00. The molecule has 7 nitrogen and oxygen atoms in total. The first kappa shape index (κ1) is 16.7. The number of rotatable bonds is 4. The molecule has 0 spiro atoms. The highest BCUT2D eigenvalue weighted by Gasteiger charge is 2.42. The van der Waals surface area contributed by atoms with Crippen LogP contribution in [0.2, 0.25) is 0 Å². The van der Waals surface area contributed by atoms with Gasteiger partial charge in [-0.3, -0.25) is 9.59 Å². The van der Waals surface area contributed by atoms with Crippen LogP contribution in [0.1, 0.15) is 39.5 Å². The molecule has 0 aliphatic carbocycles. The average Bonchev–Trinajstić information content (AvgIpc) is 3.14. The van der Waals surface area contributed by atoms with Crippen molar-refractivity contribution < 1.29 is 19.1 Å². The van der Waals surface area contributed by atoms with Gasteiger partial charge in [-0.1, -0.05) is 0 Å². The lowest BCUT2D eigenvalue weighted by atomic mass is 10.1. The van der Waals surface area contributed by atoms with E-state index in [9.17, 15) is 14.4 Å². The van der Waals surface area contributed by atoms with E-state index in [-0.39, 0.29) is 17.8 Å². The Morgan fingerprint density at radius 1 is 1.14 bits per heavy atom. The highest BCUT2D eigenvalue weighted by Crippen LogP contribution is 2.25. The van der Waals surface area contributed by atoms with Crippen LogP contribution < -0.4 is 5.73 Å². The molecule has 2 N–H and O–H groups in total. The van der Waals surface area contributed by atoms with Crippen LogP contribution in [0.15, 0.2) is 0 Å². The second-order valence-corrected chi connectivity index (χ2v) is 5.92. The summed E-state index contributed by atoms with van der Waals surface area (Å²) in [6, 6.07) is -1.62. The van der Waals surface area contributed by atoms with Crippen LogP contribution in [0.25, 0.3) is 0 Å². The Bertz CT molecular complexity index is 452. The Morgan fingerprint density at radius 3 is 2.32 bits per heavy atom. The van der Waals surface area contributed by atoms with Crippen molar-refractivity contribution in [2.24, 2.45) is 5.73 Å². The molecule has 0 saturated carbocycles. The summed E-state index contributed by atoms with van der Waals surface area (Å²) in [7, 11) is 0. The van der Waals surface area contributed by atoms with Crippen molar-refractivity contribution >= 4 is 17.8 Å². The largest absolute Gasteiger partial charge is 0.464 e. The predicted octanol–water partition coefficient (Wildman–Crippen LogP) is -0.121. The second-order valence-electron chi connectivity index (χ2n) is 5.92. The normalized spacial score (nSPS) is 26.1. The number of esters is 1. The minimum absolute atomic E-state index is 0.151. The number of nitrogens with two attached hydrogens (primary N) is 1. The lowest BCUT2D eigenvalue weighted by Crippen LogP contribution is -2.53. The van der Waals surface area contributed by atoms with Gasteiger partial charge in [-0.05, 0) is 39.5 Å². The molecule has 3 atom stereocenters. The molecular formula is C15H25N3O4. The van der Waals surface area contributed by atoms with E-state index in [4.69, 9.17) is 10.5 Å². The average molecular weight is 311 g/mol. The zero-order valence-corrected chi connectivity index (χ0v) is 13.3. The highest BCUT2D eigenvalue weighted by atomic mass is 16.5. The van der Waals surface area contributed by atoms with Crippen LogP contribution in [-0.4, -0.2) is 65.4 Å². The summed E-state index contributed by atoms with van der Waals surface area (Å²) in [6.45, 7) is 4.77. The van der Waals surface area contributed by atoms with Crippen LogP contribution in [0.3, 0.4) is 0 Å². The fourth-order valence-corrected chi connectivity index (χ4v) is 3.25. The maximum atomic E-state index is 12.8. The smallest absolute Gasteiger partial charge is 0.328 e. The summed E-state index contributed by atoms with van der Waals surface area (Å²) in [5.41, 5.74) is 5.66. The quantitative estimate of drug-likeness (QED) is 0.731. The number of likely N-dealkylation sites (tertiary alicyclic amines) is 2. The molecule has 0 aromatic rings. The molecule has 2 saturated heterocycles. The van der Waals surface area contributed by atoms with Gasteiger partial charge < -0.3 is 20.3 Å². The Labute approximate surface area is 130 Å². The van der Waals surface area contributed by atoms with Gasteiger partial charge in [0.25, 0.3) is 0 Å². The van der Waals surface area contributed by atoms with Crippen LogP contribution in [-0.2, 0) is 19.1 Å². The summed E-state index contributed by atoms with van der Waals surface area (Å²) in [5.74, 6) is -0.707. The molecule has 2 rings (SSSR count). The van der Waals surface area contributed by atoms with Gasteiger partial charge >= 0.3 is 5.97 Å². The highest BCUT2D eigenvalue weighted by molar-refractivity contribution is 5.92. The van der Waals surface area contributed by atoms with Crippen molar-refractivity contribution in [1.82, 2.24) is 9.80 Å². The molecule has 124 valence electrons. The van der Waals surface area contributed by atoms with Gasteiger partial charge in [0, 0.05) is 13.1 Å². The predicted molar refractivity (Wildman–Crippen MR) is 79.8 cm³/mol. The molecule has 2 amide bonds. The summed E-state index contributed by atoms with van der Waals surface area (Å²) in [4.78, 5) is 40.0. The number of amides is 2. The standard InChI is InChI=1S/C15H25N3O4/c1-3-22-15(21)12-7-5-9-18(12)14(20)11-6-4-8-17(11)13(19)10(2)16/h10-12H,3-9,16H2,1-2H3/t10-,11-,12-/m0/s1. The third-order valence-corrected chi connectivity index (χ3v) is 4.31. The van der Waals surface area contributed by atoms with E-state index in [1.807, 2.05) is 0 Å². The monoisotopic (exact) mass is 311 g/mol. The molecule has 0 aromatic carbocycles. The molecular weight excluding hydrogens is 286 g/mol. The third-order valence-electron chi connectivity index (χ3n) is 4.31. The summed E-state index contributed by atoms with van der Waals surface area (Å²) in [5, 5.41) is 0. The maximum Gasteiger partial charge on any atom is 0.328 e. The van der Waals surface area contributed by atoms with Crippen molar-refractivity contribution in [3.8, 4) is 0 Å². The van der Waals surface area contributed by atoms with Crippen LogP contribution in [0, 0.1) is 0 Å². The van der Waals surface area contributed by atoms with E-state index in [0.717, 1.165) is 12.8 Å². The summed E-state index contributed by atoms with van der Waals surface area (Å²) >= 11 is 0. The van der Waals surface area contributed by atoms with E-state index in [0.29, 0.717) is 32.5 Å². The molecule has 0 bridgehead atoms. The molecule has 0 aromatic heterocycles. The Balaban J connectivity index is 2.09. The maximum absolute atomic E-state index is 12.8. The lowest BCUT2D eigenvalue weighted by molar-refractivity contribution is -0.155. The molecule has 2 aliphatic heterocycles. The Kier molecular flexibility index (Phi) is 5.39. The van der Waals surface area contributed by atoms with Crippen molar-refractivity contribution in [1.29, 1.82) is 0 Å². The first-order valence-electron chi connectivity index (χ1n) is 8.00. The number of carbonyl (C=O) groups excluding carboxylic acids is 3. The second kappa shape index (κ2) is 7.09. The van der Waals surface area contributed by atoms with Gasteiger partial charge in [-0.2, -0.15) is 0 Å². The van der Waals surface area contributed by atoms with Gasteiger partial charge in [0.2, 0.25) is 11.8 Å². The molecule has 2 fully saturated rings. The fraction of sp³-hybridized carbons (Fsp3) is 0.800. The zero-order valence-electron chi connectivity index (χ0n) is 13.3. The van der Waals surface area contributed by atoms with Gasteiger partial charge in [0.15, 0.2) is 0 Å². The number of ether oxygens (including phenoxy) is 1. The van der Waals surface area contributed by atoms with Crippen molar-refractivity contribution in [2.75, 3.05) is 19.7 Å². The SMILES string of the molecule is CCOC(=O)[C@@H]1CCCN1C(=O)[C@@H]1CCCN1C(=O)[C@H](C)N. The minimum Gasteiger partial charge on any atom is -0.464 e. The molecule has 7 heteroatoms. The van der Waals surface area contributed by atoms with Gasteiger partial charge in [0.05, 0.1) is 12.6 Å². The fourth-order valence-electron chi connectivity index (χ4n) is 3.25. The van der Waals surface area contributed by atoms with Crippen LogP contribution in [0.5, 0.6) is 0 Å². The van der Waals surface area contributed by atoms with E-state index < -0.39 is 18.1 Å². The Morgan fingerprint density at radius 2 is 1.73 bits per heavy atom. The number of hydrogen-bond acceptors (Lipinski definition) is 5. The van der Waals surface area contributed by atoms with Gasteiger partial charge in [-0.15, -0.1) is 0 Å². The van der Waals surface area contributed by atoms with Gasteiger partial charge in [-0.25, -0.2) is 4.79 Å². The van der Waals surface area contributed by atoms with Crippen molar-refractivity contribution in [3.63, 3.8) is 0 Å². The van der Waals surface area contributed by atoms with Gasteiger partial charge in [0.1, 0.15) is 12.1 Å². The topological polar surface area (TPSA) is 92.9 Å². The lowest BCUT2D eigenvalue weighted by Gasteiger charge is -2.31. The Hall–Kier alpha value is -1.63. The van der Waals surface area contributed by atoms with E-state index >= 15 is 0 Å². The van der Waals surface area contributed by atoms with Crippen molar-refractivity contribution in [2.45, 2.75) is 57.7 Å². The number of carbonyl (C=O) groups is 3. The van der Waals surface area contributed by atoms with Crippen LogP contribution in [0.4, 0.5) is 0 Å². The number of hydrogen-bond donors (Lipinski definition) is 1. The molecule has 22 heavy (non-hydrogen) atoms. The number of nitrogens with zero attached hydrogens (tertiary/aromatic N) is 2. The molecule has 2 heterocycles. The third kappa shape index (κ3) is 3.24. The van der Waals surface area contributed by atoms with E-state index in [1.165, 1.54) is 0 Å². The molecule has 2 aliphatic rings. The van der Waals surface area contributed by atoms with E-state index in [2.05, 4.69) is 0 Å². The summed E-state index contributed by atoms with van der Waals surface area (Å²) < 4.78 is 5.05. The molecule has 0 unspecified atom stereocenters. The molecule has 0 radical (unpaired) electrons.